The van der Waals surface area contributed by atoms with E-state index in [1.54, 1.807) is 23.6 Å². The number of hydrogen-bond donors (Lipinski definition) is 1. The number of nitro benzene ring substituents is 1. The number of nitro groups is 1. The Hall–Kier alpha value is -1.48. The Labute approximate surface area is 126 Å². The monoisotopic (exact) mass is 388 g/mol. The van der Waals surface area contributed by atoms with Crippen LogP contribution < -0.4 is 5.32 Å². The maximum Gasteiger partial charge on any atom is 0.292 e. The maximum atomic E-state index is 12.0. The highest BCUT2D eigenvalue weighted by atomic mass is 127. The van der Waals surface area contributed by atoms with Crippen molar-refractivity contribution in [3.63, 3.8) is 0 Å². The predicted molar refractivity (Wildman–Crippen MR) is 82.8 cm³/mol. The van der Waals surface area contributed by atoms with Crippen molar-refractivity contribution in [3.8, 4) is 0 Å². The van der Waals surface area contributed by atoms with Crippen molar-refractivity contribution in [2.75, 3.05) is 5.32 Å². The molecular weight excluding hydrogens is 379 g/mol. The quantitative estimate of drug-likeness (QED) is 0.494. The zero-order valence-corrected chi connectivity index (χ0v) is 12.8. The molecule has 0 aliphatic rings. The Morgan fingerprint density at radius 1 is 1.42 bits per heavy atom. The topological polar surface area (TPSA) is 72.2 Å². The number of carbonyl (C=O) groups is 1. The summed E-state index contributed by atoms with van der Waals surface area (Å²) in [5, 5.41) is 15.2. The number of amides is 1. The molecule has 0 unspecified atom stereocenters. The number of rotatable bonds is 3. The fourth-order valence-corrected chi connectivity index (χ4v) is 2.86. The van der Waals surface area contributed by atoms with Gasteiger partial charge in [-0.1, -0.05) is 6.07 Å². The van der Waals surface area contributed by atoms with Crippen LogP contribution in [0.1, 0.15) is 15.9 Å². The fraction of sp³-hybridized carbons (Fsp3) is 0.0833. The molecule has 2 aromatic rings. The molecule has 0 spiro atoms. The van der Waals surface area contributed by atoms with Crippen LogP contribution in [0.5, 0.6) is 0 Å². The van der Waals surface area contributed by atoms with E-state index in [4.69, 9.17) is 0 Å². The smallest absolute Gasteiger partial charge is 0.292 e. The highest BCUT2D eigenvalue weighted by Crippen LogP contribution is 2.26. The third-order valence-electron chi connectivity index (χ3n) is 2.43. The van der Waals surface area contributed by atoms with Gasteiger partial charge in [0.05, 0.1) is 13.4 Å². The second-order valence-electron chi connectivity index (χ2n) is 3.87. The van der Waals surface area contributed by atoms with E-state index in [1.165, 1.54) is 17.4 Å². The summed E-state index contributed by atoms with van der Waals surface area (Å²) in [6.45, 7) is 1.81. The van der Waals surface area contributed by atoms with Gasteiger partial charge in [0, 0.05) is 11.4 Å². The van der Waals surface area contributed by atoms with Crippen LogP contribution >= 0.6 is 33.9 Å². The molecule has 1 aromatic heterocycles. The lowest BCUT2D eigenvalue weighted by atomic mass is 10.2. The van der Waals surface area contributed by atoms with Crippen molar-refractivity contribution in [2.45, 2.75) is 6.92 Å². The van der Waals surface area contributed by atoms with E-state index in [0.29, 0.717) is 5.56 Å². The minimum Gasteiger partial charge on any atom is -0.316 e. The minimum absolute atomic E-state index is 0.108. The highest BCUT2D eigenvalue weighted by Gasteiger charge is 2.17. The molecule has 5 nitrogen and oxygen atoms in total. The highest BCUT2D eigenvalue weighted by molar-refractivity contribution is 14.1. The number of hydrogen-bond acceptors (Lipinski definition) is 4. The second kappa shape index (κ2) is 5.66. The molecular formula is C12H9IN2O3S. The average Bonchev–Trinajstić information content (AvgIpc) is 2.75. The van der Waals surface area contributed by atoms with E-state index < -0.39 is 4.92 Å². The standard InChI is InChI=1S/C12H9IN2O3S/c1-7-2-3-10(15(17)18)9(4-7)14-12(16)8-5-11(13)19-6-8/h2-6H,1H3,(H,14,16). The lowest BCUT2D eigenvalue weighted by molar-refractivity contribution is -0.383. The summed E-state index contributed by atoms with van der Waals surface area (Å²) in [6, 6.07) is 6.36. The summed E-state index contributed by atoms with van der Waals surface area (Å²) in [7, 11) is 0. The first-order valence-corrected chi connectivity index (χ1v) is 7.23. The molecule has 0 aliphatic heterocycles. The van der Waals surface area contributed by atoms with E-state index in [9.17, 15) is 14.9 Å². The molecule has 1 heterocycles. The minimum atomic E-state index is -0.508. The van der Waals surface area contributed by atoms with Crippen molar-refractivity contribution in [1.29, 1.82) is 0 Å². The first-order chi connectivity index (χ1) is 8.97. The Balaban J connectivity index is 2.30. The van der Waals surface area contributed by atoms with E-state index in [1.807, 2.05) is 6.92 Å². The first kappa shape index (κ1) is 13.9. The van der Waals surface area contributed by atoms with Crippen LogP contribution in [0.15, 0.2) is 29.6 Å². The Bertz CT molecular complexity index is 654. The largest absolute Gasteiger partial charge is 0.316 e. The Morgan fingerprint density at radius 3 is 2.74 bits per heavy atom. The molecule has 7 heteroatoms. The third kappa shape index (κ3) is 3.29. The summed E-state index contributed by atoms with van der Waals surface area (Å²) >= 11 is 3.57. The first-order valence-electron chi connectivity index (χ1n) is 5.28. The van der Waals surface area contributed by atoms with Gasteiger partial charge in [-0.2, -0.15) is 0 Å². The molecule has 1 aromatic carbocycles. The predicted octanol–water partition coefficient (Wildman–Crippen LogP) is 3.82. The molecule has 2 rings (SSSR count). The third-order valence-corrected chi connectivity index (χ3v) is 4.22. The van der Waals surface area contributed by atoms with E-state index in [-0.39, 0.29) is 17.3 Å². The molecule has 1 N–H and O–H groups in total. The number of nitrogens with zero attached hydrogens (tertiary/aromatic N) is 1. The van der Waals surface area contributed by atoms with Gasteiger partial charge in [0.1, 0.15) is 5.69 Å². The molecule has 0 radical (unpaired) electrons. The summed E-state index contributed by atoms with van der Waals surface area (Å²) in [4.78, 5) is 22.4. The Morgan fingerprint density at radius 2 is 2.16 bits per heavy atom. The molecule has 98 valence electrons. The molecule has 0 saturated heterocycles. The zero-order valence-electron chi connectivity index (χ0n) is 9.84. The van der Waals surface area contributed by atoms with Gasteiger partial charge in [-0.3, -0.25) is 14.9 Å². The number of thiophene rings is 1. The van der Waals surface area contributed by atoms with Crippen molar-refractivity contribution in [2.24, 2.45) is 0 Å². The molecule has 0 atom stereocenters. The van der Waals surface area contributed by atoms with Crippen LogP contribution in [0, 0.1) is 19.9 Å². The van der Waals surface area contributed by atoms with Crippen molar-refractivity contribution < 1.29 is 9.72 Å². The van der Waals surface area contributed by atoms with Gasteiger partial charge >= 0.3 is 0 Å². The number of carbonyl (C=O) groups excluding carboxylic acids is 1. The number of halogens is 1. The molecule has 0 saturated carbocycles. The average molecular weight is 388 g/mol. The van der Waals surface area contributed by atoms with Gasteiger partial charge in [-0.05, 0) is 47.2 Å². The fourth-order valence-electron chi connectivity index (χ4n) is 1.53. The van der Waals surface area contributed by atoms with Crippen LogP contribution in [0.3, 0.4) is 0 Å². The van der Waals surface area contributed by atoms with Gasteiger partial charge in [0.2, 0.25) is 0 Å². The van der Waals surface area contributed by atoms with Gasteiger partial charge < -0.3 is 5.32 Å². The van der Waals surface area contributed by atoms with Gasteiger partial charge in [0.25, 0.3) is 11.6 Å². The van der Waals surface area contributed by atoms with Crippen LogP contribution in [0.4, 0.5) is 11.4 Å². The van der Waals surface area contributed by atoms with Crippen molar-refractivity contribution in [3.05, 3.63) is 53.8 Å². The molecule has 1 amide bonds. The van der Waals surface area contributed by atoms with E-state index in [0.717, 1.165) is 8.45 Å². The zero-order chi connectivity index (χ0) is 14.0. The van der Waals surface area contributed by atoms with Crippen molar-refractivity contribution in [1.82, 2.24) is 0 Å². The molecule has 0 bridgehead atoms. The van der Waals surface area contributed by atoms with Gasteiger partial charge in [-0.25, -0.2) is 0 Å². The maximum absolute atomic E-state index is 12.0. The van der Waals surface area contributed by atoms with Crippen LogP contribution in [0.25, 0.3) is 0 Å². The lowest BCUT2D eigenvalue weighted by Crippen LogP contribution is -2.12. The number of benzene rings is 1. The normalized spacial score (nSPS) is 10.2. The van der Waals surface area contributed by atoms with Crippen LogP contribution in [-0.4, -0.2) is 10.8 Å². The van der Waals surface area contributed by atoms with Gasteiger partial charge in [-0.15, -0.1) is 11.3 Å². The summed E-state index contributed by atoms with van der Waals surface area (Å²) in [5.74, 6) is -0.340. The molecule has 19 heavy (non-hydrogen) atoms. The van der Waals surface area contributed by atoms with Gasteiger partial charge in [0.15, 0.2) is 0 Å². The lowest BCUT2D eigenvalue weighted by Gasteiger charge is -2.05. The molecule has 0 aliphatic carbocycles. The summed E-state index contributed by atoms with van der Waals surface area (Å²) < 4.78 is 0.987. The SMILES string of the molecule is Cc1ccc([N+](=O)[O-])c(NC(=O)c2csc(I)c2)c1. The number of nitrogens with one attached hydrogen (secondary N) is 1. The van der Waals surface area contributed by atoms with E-state index in [2.05, 4.69) is 27.9 Å². The second-order valence-corrected chi connectivity index (χ2v) is 6.68. The Kier molecular flexibility index (Phi) is 4.15. The summed E-state index contributed by atoms with van der Waals surface area (Å²) in [6.07, 6.45) is 0. The van der Waals surface area contributed by atoms with Crippen LogP contribution in [0.2, 0.25) is 0 Å². The summed E-state index contributed by atoms with van der Waals surface area (Å²) in [5.41, 5.74) is 1.46. The number of anilines is 1. The van der Waals surface area contributed by atoms with E-state index >= 15 is 0 Å². The molecule has 0 fully saturated rings. The van der Waals surface area contributed by atoms with Crippen molar-refractivity contribution >= 4 is 51.2 Å². The van der Waals surface area contributed by atoms with Crippen LogP contribution in [-0.2, 0) is 0 Å². The number of aryl methyl sites for hydroxylation is 1.